The molecule has 2 heterocycles. The fourth-order valence-electron chi connectivity index (χ4n) is 1.84. The fraction of sp³-hybridized carbons (Fsp3) is 0.182. The predicted molar refractivity (Wildman–Crippen MR) is 53.0 cm³/mol. The van der Waals surface area contributed by atoms with Crippen molar-refractivity contribution in [1.29, 1.82) is 0 Å². The van der Waals surface area contributed by atoms with Gasteiger partial charge in [0.25, 0.3) is 0 Å². The van der Waals surface area contributed by atoms with Gasteiger partial charge in [0.15, 0.2) is 0 Å². The van der Waals surface area contributed by atoms with Gasteiger partial charge in [-0.05, 0) is 11.6 Å². The van der Waals surface area contributed by atoms with Crippen LogP contribution in [0.4, 0.5) is 10.1 Å². The quantitative estimate of drug-likeness (QED) is 0.715. The van der Waals surface area contributed by atoms with Crippen LogP contribution in [0.1, 0.15) is 16.9 Å². The largest absolute Gasteiger partial charge is 0.378 e. The Bertz CT molecular complexity index is 507. The normalized spacial score (nSPS) is 13.7. The smallest absolute Gasteiger partial charge is 0.146 e. The monoisotopic (exact) mass is 204 g/mol. The SMILES string of the molecule is Fc1cccc2c1NCc1cnoc1C2. The Morgan fingerprint density at radius 3 is 3.20 bits per heavy atom. The molecule has 0 radical (unpaired) electrons. The van der Waals surface area contributed by atoms with Crippen LogP contribution >= 0.6 is 0 Å². The number of benzene rings is 1. The Morgan fingerprint density at radius 1 is 1.33 bits per heavy atom. The van der Waals surface area contributed by atoms with Crippen molar-refractivity contribution in [3.63, 3.8) is 0 Å². The summed E-state index contributed by atoms with van der Waals surface area (Å²) in [6.07, 6.45) is 2.27. The van der Waals surface area contributed by atoms with Crippen LogP contribution in [0, 0.1) is 5.82 Å². The molecule has 0 bridgehead atoms. The number of rotatable bonds is 0. The van der Waals surface area contributed by atoms with Crippen LogP contribution in [-0.4, -0.2) is 5.16 Å². The predicted octanol–water partition coefficient (Wildman–Crippen LogP) is 2.33. The number of fused-ring (bicyclic) bond motifs is 2. The van der Waals surface area contributed by atoms with Gasteiger partial charge in [0.2, 0.25) is 0 Å². The van der Waals surface area contributed by atoms with Gasteiger partial charge >= 0.3 is 0 Å². The lowest BCUT2D eigenvalue weighted by atomic mass is 10.1. The first-order valence-electron chi connectivity index (χ1n) is 4.78. The Labute approximate surface area is 85.9 Å². The Balaban J connectivity index is 2.12. The molecule has 0 amide bonds. The van der Waals surface area contributed by atoms with Crippen LogP contribution in [0.15, 0.2) is 28.9 Å². The summed E-state index contributed by atoms with van der Waals surface area (Å²) in [5.41, 5.74) is 2.47. The molecule has 0 aliphatic carbocycles. The van der Waals surface area contributed by atoms with Crippen LogP contribution in [0.2, 0.25) is 0 Å². The van der Waals surface area contributed by atoms with E-state index in [0.717, 1.165) is 16.9 Å². The molecule has 0 spiro atoms. The average molecular weight is 204 g/mol. The third kappa shape index (κ3) is 1.29. The number of nitrogens with one attached hydrogen (secondary N) is 1. The van der Waals surface area contributed by atoms with Gasteiger partial charge in [-0.2, -0.15) is 0 Å². The van der Waals surface area contributed by atoms with Crippen molar-refractivity contribution in [3.8, 4) is 0 Å². The molecule has 1 aliphatic rings. The van der Waals surface area contributed by atoms with Gasteiger partial charge in [0.05, 0.1) is 11.9 Å². The second kappa shape index (κ2) is 3.08. The van der Waals surface area contributed by atoms with Gasteiger partial charge in [0.1, 0.15) is 11.6 Å². The van der Waals surface area contributed by atoms with E-state index >= 15 is 0 Å². The van der Waals surface area contributed by atoms with Crippen LogP contribution in [0.5, 0.6) is 0 Å². The molecule has 4 heteroatoms. The Kier molecular flexibility index (Phi) is 1.74. The molecule has 1 aromatic heterocycles. The molecular formula is C11H9FN2O. The van der Waals surface area contributed by atoms with E-state index in [9.17, 15) is 4.39 Å². The number of nitrogens with zero attached hydrogens (tertiary/aromatic N) is 1. The summed E-state index contributed by atoms with van der Waals surface area (Å²) in [5, 5.41) is 6.79. The van der Waals surface area contributed by atoms with E-state index in [4.69, 9.17) is 4.52 Å². The van der Waals surface area contributed by atoms with E-state index < -0.39 is 0 Å². The van der Waals surface area contributed by atoms with Crippen LogP contribution in [0.25, 0.3) is 0 Å². The van der Waals surface area contributed by atoms with Crippen molar-refractivity contribution >= 4 is 5.69 Å². The third-order valence-corrected chi connectivity index (χ3v) is 2.64. The molecule has 3 rings (SSSR count). The molecule has 0 saturated carbocycles. The lowest BCUT2D eigenvalue weighted by molar-refractivity contribution is 0.388. The highest BCUT2D eigenvalue weighted by molar-refractivity contribution is 5.55. The van der Waals surface area contributed by atoms with E-state index in [1.807, 2.05) is 6.07 Å². The minimum atomic E-state index is -0.217. The van der Waals surface area contributed by atoms with Crippen molar-refractivity contribution in [3.05, 3.63) is 47.1 Å². The summed E-state index contributed by atoms with van der Waals surface area (Å²) in [7, 11) is 0. The number of para-hydroxylation sites is 1. The van der Waals surface area contributed by atoms with Crippen LogP contribution < -0.4 is 5.32 Å². The number of hydrogen-bond donors (Lipinski definition) is 1. The maximum absolute atomic E-state index is 13.5. The Hall–Kier alpha value is -1.84. The van der Waals surface area contributed by atoms with Crippen molar-refractivity contribution in [1.82, 2.24) is 5.16 Å². The summed E-state index contributed by atoms with van der Waals surface area (Å²) in [6.45, 7) is 0.562. The molecule has 1 aromatic carbocycles. The molecule has 0 unspecified atom stereocenters. The number of aromatic nitrogens is 1. The zero-order valence-corrected chi connectivity index (χ0v) is 7.96. The minimum Gasteiger partial charge on any atom is -0.378 e. The van der Waals surface area contributed by atoms with Crippen molar-refractivity contribution in [2.24, 2.45) is 0 Å². The fourth-order valence-corrected chi connectivity index (χ4v) is 1.84. The first-order chi connectivity index (χ1) is 7.34. The van der Waals surface area contributed by atoms with Crippen molar-refractivity contribution in [2.75, 3.05) is 5.32 Å². The van der Waals surface area contributed by atoms with E-state index in [1.165, 1.54) is 6.07 Å². The standard InChI is InChI=1S/C11H9FN2O/c12-9-3-1-2-7-4-10-8(6-14-15-10)5-13-11(7)9/h1-3,6,13H,4-5H2. The molecule has 76 valence electrons. The third-order valence-electron chi connectivity index (χ3n) is 2.64. The minimum absolute atomic E-state index is 0.217. The van der Waals surface area contributed by atoms with Gasteiger partial charge in [-0.15, -0.1) is 0 Å². The average Bonchev–Trinajstić information content (AvgIpc) is 2.58. The molecule has 3 nitrogen and oxygen atoms in total. The summed E-state index contributed by atoms with van der Waals surface area (Å²) < 4.78 is 18.6. The summed E-state index contributed by atoms with van der Waals surface area (Å²) >= 11 is 0. The molecule has 1 aliphatic heterocycles. The lowest BCUT2D eigenvalue weighted by Crippen LogP contribution is -2.00. The molecular weight excluding hydrogens is 195 g/mol. The van der Waals surface area contributed by atoms with Gasteiger partial charge in [-0.3, -0.25) is 0 Å². The number of hydrogen-bond acceptors (Lipinski definition) is 3. The maximum atomic E-state index is 13.5. The van der Waals surface area contributed by atoms with Crippen molar-refractivity contribution in [2.45, 2.75) is 13.0 Å². The number of anilines is 1. The van der Waals surface area contributed by atoms with E-state index in [1.54, 1.807) is 12.3 Å². The van der Waals surface area contributed by atoms with Crippen molar-refractivity contribution < 1.29 is 8.91 Å². The molecule has 15 heavy (non-hydrogen) atoms. The van der Waals surface area contributed by atoms with Gasteiger partial charge in [0, 0.05) is 18.5 Å². The summed E-state index contributed by atoms with van der Waals surface area (Å²) in [6, 6.07) is 5.05. The highest BCUT2D eigenvalue weighted by atomic mass is 19.1. The van der Waals surface area contributed by atoms with E-state index in [-0.39, 0.29) is 5.82 Å². The highest BCUT2D eigenvalue weighted by Gasteiger charge is 2.18. The second-order valence-corrected chi connectivity index (χ2v) is 3.58. The van der Waals surface area contributed by atoms with E-state index in [0.29, 0.717) is 18.7 Å². The van der Waals surface area contributed by atoms with Gasteiger partial charge < -0.3 is 9.84 Å². The summed E-state index contributed by atoms with van der Waals surface area (Å²) in [4.78, 5) is 0. The first kappa shape index (κ1) is 8.47. The van der Waals surface area contributed by atoms with Gasteiger partial charge in [-0.1, -0.05) is 17.3 Å². The zero-order chi connectivity index (χ0) is 10.3. The molecule has 2 aromatic rings. The molecule has 0 fully saturated rings. The molecule has 1 N–H and O–H groups in total. The molecule has 0 saturated heterocycles. The Morgan fingerprint density at radius 2 is 2.27 bits per heavy atom. The van der Waals surface area contributed by atoms with Crippen LogP contribution in [0.3, 0.4) is 0 Å². The first-order valence-corrected chi connectivity index (χ1v) is 4.78. The molecule has 0 atom stereocenters. The second-order valence-electron chi connectivity index (χ2n) is 3.58. The highest BCUT2D eigenvalue weighted by Crippen LogP contribution is 2.27. The zero-order valence-electron chi connectivity index (χ0n) is 7.96. The van der Waals surface area contributed by atoms with Gasteiger partial charge in [-0.25, -0.2) is 4.39 Å². The topological polar surface area (TPSA) is 38.1 Å². The van der Waals surface area contributed by atoms with E-state index in [2.05, 4.69) is 10.5 Å². The maximum Gasteiger partial charge on any atom is 0.146 e. The number of halogens is 1. The lowest BCUT2D eigenvalue weighted by Gasteiger charge is -2.07. The van der Waals surface area contributed by atoms with Crippen LogP contribution in [-0.2, 0) is 13.0 Å². The summed E-state index contributed by atoms with van der Waals surface area (Å²) in [5.74, 6) is 0.595.